The first-order chi connectivity index (χ1) is 12.2. The fourth-order valence-corrected chi connectivity index (χ4v) is 2.90. The van der Waals surface area contributed by atoms with Gasteiger partial charge in [-0.05, 0) is 12.5 Å². The molecule has 1 amide bonds. The van der Waals surface area contributed by atoms with Crippen molar-refractivity contribution in [3.05, 3.63) is 33.3 Å². The largest absolute Gasteiger partial charge is 0.417 e. The van der Waals surface area contributed by atoms with Crippen molar-refractivity contribution in [3.8, 4) is 0 Å². The van der Waals surface area contributed by atoms with Crippen LogP contribution in [-0.2, 0) is 17.5 Å². The normalized spacial score (nSPS) is 11.6. The second-order valence-corrected chi connectivity index (χ2v) is 6.56. The molecule has 0 radical (unpaired) electrons. The van der Waals surface area contributed by atoms with Crippen LogP contribution < -0.4 is 11.0 Å². The SMILES string of the molecule is CCCCn1c(SCC(=O)Nc2ncc(C(F)(F)F)cc2Cl)n[nH]c1=O. The minimum Gasteiger partial charge on any atom is -0.309 e. The van der Waals surface area contributed by atoms with Crippen LogP contribution in [0.5, 0.6) is 0 Å². The smallest absolute Gasteiger partial charge is 0.309 e. The predicted octanol–water partition coefficient (Wildman–Crippen LogP) is 3.17. The summed E-state index contributed by atoms with van der Waals surface area (Å²) < 4.78 is 39.1. The molecule has 0 fully saturated rings. The molecule has 0 atom stereocenters. The molecule has 0 aromatic carbocycles. The van der Waals surface area contributed by atoms with Gasteiger partial charge in [0.05, 0.1) is 16.3 Å². The van der Waals surface area contributed by atoms with E-state index in [1.807, 2.05) is 6.92 Å². The van der Waals surface area contributed by atoms with Crippen molar-refractivity contribution >= 4 is 35.1 Å². The molecule has 2 aromatic heterocycles. The third-order valence-corrected chi connectivity index (χ3v) is 4.48. The summed E-state index contributed by atoms with van der Waals surface area (Å²) in [4.78, 5) is 27.2. The van der Waals surface area contributed by atoms with Crippen LogP contribution in [0.25, 0.3) is 0 Å². The molecule has 142 valence electrons. The number of hydrogen-bond donors (Lipinski definition) is 2. The van der Waals surface area contributed by atoms with Gasteiger partial charge in [-0.3, -0.25) is 9.36 Å². The summed E-state index contributed by atoms with van der Waals surface area (Å²) >= 11 is 6.75. The highest BCUT2D eigenvalue weighted by Crippen LogP contribution is 2.32. The number of H-pyrrole nitrogens is 1. The number of rotatable bonds is 7. The van der Waals surface area contributed by atoms with E-state index in [1.54, 1.807) is 0 Å². The van der Waals surface area contributed by atoms with E-state index in [4.69, 9.17) is 11.6 Å². The zero-order valence-electron chi connectivity index (χ0n) is 13.6. The Hall–Kier alpha value is -2.01. The third kappa shape index (κ3) is 5.24. The van der Waals surface area contributed by atoms with Crippen LogP contribution in [0.1, 0.15) is 25.3 Å². The molecule has 7 nitrogen and oxygen atoms in total. The molecule has 0 saturated heterocycles. The van der Waals surface area contributed by atoms with Crippen molar-refractivity contribution in [2.75, 3.05) is 11.1 Å². The number of nitrogens with zero attached hydrogens (tertiary/aromatic N) is 3. The first kappa shape index (κ1) is 20.3. The molecule has 0 saturated carbocycles. The number of aromatic nitrogens is 4. The van der Waals surface area contributed by atoms with Crippen molar-refractivity contribution in [1.29, 1.82) is 0 Å². The van der Waals surface area contributed by atoms with Gasteiger partial charge in [-0.2, -0.15) is 13.2 Å². The van der Waals surface area contributed by atoms with Gasteiger partial charge in [-0.25, -0.2) is 14.9 Å². The number of hydrogen-bond acceptors (Lipinski definition) is 5. The minimum absolute atomic E-state index is 0.116. The zero-order chi connectivity index (χ0) is 19.3. The fraction of sp³-hybridized carbons (Fsp3) is 0.429. The topological polar surface area (TPSA) is 92.7 Å². The van der Waals surface area contributed by atoms with Crippen molar-refractivity contribution in [1.82, 2.24) is 19.7 Å². The van der Waals surface area contributed by atoms with E-state index in [-0.39, 0.29) is 22.3 Å². The summed E-state index contributed by atoms with van der Waals surface area (Å²) in [7, 11) is 0. The lowest BCUT2D eigenvalue weighted by molar-refractivity contribution is -0.137. The average Bonchev–Trinajstić information content (AvgIpc) is 2.92. The van der Waals surface area contributed by atoms with Crippen LogP contribution in [-0.4, -0.2) is 31.4 Å². The van der Waals surface area contributed by atoms with Crippen LogP contribution in [0.2, 0.25) is 5.02 Å². The number of halogens is 4. The summed E-state index contributed by atoms with van der Waals surface area (Å²) in [6.45, 7) is 2.45. The van der Waals surface area contributed by atoms with Crippen molar-refractivity contribution < 1.29 is 18.0 Å². The van der Waals surface area contributed by atoms with Gasteiger partial charge >= 0.3 is 11.9 Å². The van der Waals surface area contributed by atoms with Crippen molar-refractivity contribution in [2.45, 2.75) is 37.6 Å². The van der Waals surface area contributed by atoms with Crippen molar-refractivity contribution in [3.63, 3.8) is 0 Å². The number of pyridine rings is 1. The second kappa shape index (κ2) is 8.58. The standard InChI is InChI=1S/C14H15ClF3N5O2S/c1-2-3-4-23-12(25)21-22-13(23)26-7-10(24)20-11-9(15)5-8(6-19-11)14(16,17)18/h5-6H,2-4,7H2,1H3,(H,21,25)(H,19,20,24). The second-order valence-electron chi connectivity index (χ2n) is 5.21. The fourth-order valence-electron chi connectivity index (χ4n) is 1.91. The molecule has 0 unspecified atom stereocenters. The summed E-state index contributed by atoms with van der Waals surface area (Å²) in [6.07, 6.45) is -2.31. The molecule has 0 aliphatic heterocycles. The van der Waals surface area contributed by atoms with Crippen LogP contribution in [0, 0.1) is 0 Å². The van der Waals surface area contributed by atoms with E-state index in [0.29, 0.717) is 24.0 Å². The van der Waals surface area contributed by atoms with E-state index in [9.17, 15) is 22.8 Å². The lowest BCUT2D eigenvalue weighted by Crippen LogP contribution is -2.19. The molecule has 26 heavy (non-hydrogen) atoms. The van der Waals surface area contributed by atoms with Gasteiger partial charge in [-0.1, -0.05) is 36.7 Å². The number of alkyl halides is 3. The monoisotopic (exact) mass is 409 g/mol. The molecular weight excluding hydrogens is 395 g/mol. The quantitative estimate of drug-likeness (QED) is 0.685. The number of aromatic amines is 1. The number of unbranched alkanes of at least 4 members (excludes halogenated alkanes) is 1. The number of anilines is 1. The van der Waals surface area contributed by atoms with Crippen molar-refractivity contribution in [2.24, 2.45) is 0 Å². The number of carbonyl (C=O) groups excluding carboxylic acids is 1. The van der Waals surface area contributed by atoms with E-state index in [0.717, 1.165) is 24.6 Å². The lowest BCUT2D eigenvalue weighted by atomic mass is 10.3. The summed E-state index contributed by atoms with van der Waals surface area (Å²) in [5.41, 5.74) is -1.37. The van der Waals surface area contributed by atoms with Gasteiger partial charge in [0.2, 0.25) is 5.91 Å². The highest BCUT2D eigenvalue weighted by Gasteiger charge is 2.31. The van der Waals surface area contributed by atoms with E-state index >= 15 is 0 Å². The number of carbonyl (C=O) groups is 1. The highest BCUT2D eigenvalue weighted by molar-refractivity contribution is 7.99. The Morgan fingerprint density at radius 1 is 1.46 bits per heavy atom. The molecule has 2 N–H and O–H groups in total. The molecule has 2 aromatic rings. The molecule has 0 aliphatic rings. The molecule has 2 heterocycles. The Morgan fingerprint density at radius 3 is 2.81 bits per heavy atom. The Balaban J connectivity index is 1.99. The summed E-state index contributed by atoms with van der Waals surface area (Å²) in [5.74, 6) is -0.826. The Morgan fingerprint density at radius 2 is 2.19 bits per heavy atom. The lowest BCUT2D eigenvalue weighted by Gasteiger charge is -2.10. The van der Waals surface area contributed by atoms with Gasteiger partial charge in [-0.15, -0.1) is 5.10 Å². The number of amides is 1. The maximum Gasteiger partial charge on any atom is 0.417 e. The molecule has 0 bridgehead atoms. The maximum atomic E-state index is 12.6. The molecule has 0 aliphatic carbocycles. The van der Waals surface area contributed by atoms with Crippen LogP contribution in [0.15, 0.2) is 22.2 Å². The Labute approximate surface area is 155 Å². The highest BCUT2D eigenvalue weighted by atomic mass is 35.5. The maximum absolute atomic E-state index is 12.6. The van der Waals surface area contributed by atoms with Gasteiger partial charge < -0.3 is 5.32 Å². The minimum atomic E-state index is -4.57. The molecule has 0 spiro atoms. The summed E-state index contributed by atoms with van der Waals surface area (Å²) in [6, 6.07) is 0.688. The van der Waals surface area contributed by atoms with Crippen LogP contribution in [0.4, 0.5) is 19.0 Å². The zero-order valence-corrected chi connectivity index (χ0v) is 15.1. The Kier molecular flexibility index (Phi) is 6.70. The number of thioether (sulfide) groups is 1. The van der Waals surface area contributed by atoms with Gasteiger partial charge in [0, 0.05) is 12.7 Å². The first-order valence-electron chi connectivity index (χ1n) is 7.53. The molecule has 12 heteroatoms. The number of nitrogens with one attached hydrogen (secondary N) is 2. The Bertz CT molecular complexity index is 837. The van der Waals surface area contributed by atoms with Gasteiger partial charge in [0.25, 0.3) is 0 Å². The predicted molar refractivity (Wildman–Crippen MR) is 91.4 cm³/mol. The van der Waals surface area contributed by atoms with Crippen LogP contribution in [0.3, 0.4) is 0 Å². The molecular formula is C14H15ClF3N5O2S. The van der Waals surface area contributed by atoms with Gasteiger partial charge in [0.1, 0.15) is 0 Å². The molecule has 2 rings (SSSR count). The first-order valence-corrected chi connectivity index (χ1v) is 8.89. The van der Waals surface area contributed by atoms with E-state index < -0.39 is 17.6 Å². The van der Waals surface area contributed by atoms with E-state index in [2.05, 4.69) is 20.5 Å². The average molecular weight is 410 g/mol. The van der Waals surface area contributed by atoms with Crippen LogP contribution >= 0.6 is 23.4 Å². The summed E-state index contributed by atoms with van der Waals surface area (Å²) in [5, 5.41) is 8.52. The third-order valence-electron chi connectivity index (χ3n) is 3.22. The van der Waals surface area contributed by atoms with E-state index in [1.165, 1.54) is 4.57 Å². The van der Waals surface area contributed by atoms with Gasteiger partial charge in [0.15, 0.2) is 11.0 Å².